The molecular weight excluding hydrogens is 216 g/mol. The summed E-state index contributed by atoms with van der Waals surface area (Å²) in [6.45, 7) is 1.87. The number of urea groups is 1. The second-order valence-electron chi connectivity index (χ2n) is 4.17. The molecule has 1 aromatic heterocycles. The fraction of sp³-hybridized carbons (Fsp3) is 0.500. The first-order valence-corrected chi connectivity index (χ1v) is 5.94. The molecule has 92 valence electrons. The van der Waals surface area contributed by atoms with Crippen LogP contribution in [0.1, 0.15) is 12.8 Å². The van der Waals surface area contributed by atoms with Crippen LogP contribution in [-0.4, -0.2) is 37.2 Å². The monoisotopic (exact) mass is 234 g/mol. The summed E-state index contributed by atoms with van der Waals surface area (Å²) in [4.78, 5) is 17.8. The van der Waals surface area contributed by atoms with Crippen LogP contribution >= 0.6 is 0 Å². The highest BCUT2D eigenvalue weighted by Crippen LogP contribution is 2.16. The summed E-state index contributed by atoms with van der Waals surface area (Å²) in [6, 6.07) is 6.11. The quantitative estimate of drug-likeness (QED) is 0.802. The molecule has 2 rings (SSSR count). The molecule has 0 saturated carbocycles. The number of carbonyl (C=O) groups excluding carboxylic acids is 1. The van der Waals surface area contributed by atoms with Gasteiger partial charge in [-0.2, -0.15) is 0 Å². The highest BCUT2D eigenvalue weighted by Gasteiger charge is 2.20. The summed E-state index contributed by atoms with van der Waals surface area (Å²) >= 11 is 0. The zero-order valence-corrected chi connectivity index (χ0v) is 10.0. The zero-order valence-electron chi connectivity index (χ0n) is 10.0. The summed E-state index contributed by atoms with van der Waals surface area (Å²) in [6.07, 6.45) is 3.73. The summed E-state index contributed by atoms with van der Waals surface area (Å²) in [5.74, 6) is 1.02. The van der Waals surface area contributed by atoms with E-state index in [0.717, 1.165) is 31.7 Å². The Kier molecular flexibility index (Phi) is 3.80. The normalized spacial score (nSPS) is 16.6. The number of aromatic nitrogens is 1. The number of pyridine rings is 1. The minimum atomic E-state index is -0.0960. The van der Waals surface area contributed by atoms with Crippen molar-refractivity contribution in [3.05, 3.63) is 24.4 Å². The summed E-state index contributed by atoms with van der Waals surface area (Å²) in [5, 5.41) is 5.52. The first-order valence-electron chi connectivity index (χ1n) is 5.94. The Labute approximate surface area is 101 Å². The number of amides is 2. The first-order chi connectivity index (χ1) is 8.29. The largest absolute Gasteiger partial charge is 0.356 e. The van der Waals surface area contributed by atoms with Gasteiger partial charge >= 0.3 is 6.03 Å². The van der Waals surface area contributed by atoms with Gasteiger partial charge in [-0.25, -0.2) is 9.78 Å². The topological polar surface area (TPSA) is 57.3 Å². The highest BCUT2D eigenvalue weighted by atomic mass is 16.2. The van der Waals surface area contributed by atoms with Gasteiger partial charge in [0.25, 0.3) is 0 Å². The molecule has 5 nitrogen and oxygen atoms in total. The average molecular weight is 234 g/mol. The van der Waals surface area contributed by atoms with Crippen LogP contribution in [0.15, 0.2) is 24.4 Å². The van der Waals surface area contributed by atoms with Crippen LogP contribution in [0.5, 0.6) is 0 Å². The van der Waals surface area contributed by atoms with Crippen molar-refractivity contribution in [2.24, 2.45) is 0 Å². The van der Waals surface area contributed by atoms with Crippen LogP contribution in [0.2, 0.25) is 0 Å². The molecular formula is C12H18N4O. The second kappa shape index (κ2) is 5.52. The predicted molar refractivity (Wildman–Crippen MR) is 67.1 cm³/mol. The van der Waals surface area contributed by atoms with Crippen molar-refractivity contribution >= 4 is 11.8 Å². The molecule has 0 unspecified atom stereocenters. The summed E-state index contributed by atoms with van der Waals surface area (Å²) < 4.78 is 0. The maximum atomic E-state index is 11.2. The molecule has 2 amide bonds. The van der Waals surface area contributed by atoms with Crippen molar-refractivity contribution in [2.75, 3.05) is 25.0 Å². The Balaban J connectivity index is 1.84. The third-order valence-electron chi connectivity index (χ3n) is 3.03. The van der Waals surface area contributed by atoms with Crippen molar-refractivity contribution in [3.63, 3.8) is 0 Å². The van der Waals surface area contributed by atoms with Crippen molar-refractivity contribution in [1.29, 1.82) is 0 Å². The molecule has 0 bridgehead atoms. The fourth-order valence-corrected chi connectivity index (χ4v) is 2.05. The molecule has 0 spiro atoms. The molecule has 5 heteroatoms. The summed E-state index contributed by atoms with van der Waals surface area (Å²) in [5.41, 5.74) is 0. The lowest BCUT2D eigenvalue weighted by Crippen LogP contribution is -2.47. The van der Waals surface area contributed by atoms with Gasteiger partial charge in [-0.05, 0) is 25.0 Å². The van der Waals surface area contributed by atoms with Crippen LogP contribution in [0.4, 0.5) is 10.6 Å². The van der Waals surface area contributed by atoms with E-state index >= 15 is 0 Å². The Morgan fingerprint density at radius 1 is 1.41 bits per heavy atom. The number of hydrogen-bond donors (Lipinski definition) is 2. The van der Waals surface area contributed by atoms with Crippen LogP contribution < -0.4 is 15.5 Å². The molecule has 0 aliphatic carbocycles. The van der Waals surface area contributed by atoms with Crippen LogP contribution in [0, 0.1) is 0 Å². The van der Waals surface area contributed by atoms with Crippen LogP contribution in [0.25, 0.3) is 0 Å². The minimum absolute atomic E-state index is 0.0960. The molecule has 1 aliphatic rings. The lowest BCUT2D eigenvalue weighted by molar-refractivity contribution is 0.236. The smallest absolute Gasteiger partial charge is 0.314 e. The van der Waals surface area contributed by atoms with Gasteiger partial charge in [0, 0.05) is 32.4 Å². The minimum Gasteiger partial charge on any atom is -0.356 e. The second-order valence-corrected chi connectivity index (χ2v) is 4.17. The number of anilines is 1. The van der Waals surface area contributed by atoms with E-state index in [9.17, 15) is 4.79 Å². The van der Waals surface area contributed by atoms with Gasteiger partial charge in [0.05, 0.1) is 0 Å². The Bertz CT molecular complexity index is 360. The molecule has 2 N–H and O–H groups in total. The molecule has 0 aromatic carbocycles. The van der Waals surface area contributed by atoms with E-state index in [1.807, 2.05) is 24.4 Å². The molecule has 1 fully saturated rings. The average Bonchev–Trinajstić information content (AvgIpc) is 2.40. The van der Waals surface area contributed by atoms with Gasteiger partial charge in [0.1, 0.15) is 5.82 Å². The van der Waals surface area contributed by atoms with Gasteiger partial charge < -0.3 is 15.5 Å². The first kappa shape index (κ1) is 11.7. The number of piperidine rings is 1. The van der Waals surface area contributed by atoms with Gasteiger partial charge in [-0.1, -0.05) is 6.07 Å². The van der Waals surface area contributed by atoms with Crippen LogP contribution in [-0.2, 0) is 0 Å². The van der Waals surface area contributed by atoms with E-state index in [1.54, 1.807) is 7.05 Å². The molecule has 0 atom stereocenters. The molecule has 0 radical (unpaired) electrons. The third kappa shape index (κ3) is 3.09. The SMILES string of the molecule is CNC(=O)NC1CCN(c2ccccn2)CC1. The molecule has 2 heterocycles. The van der Waals surface area contributed by atoms with Gasteiger partial charge in [0.15, 0.2) is 0 Å². The highest BCUT2D eigenvalue weighted by molar-refractivity contribution is 5.73. The molecule has 1 aromatic rings. The van der Waals surface area contributed by atoms with Crippen LogP contribution in [0.3, 0.4) is 0 Å². The number of hydrogen-bond acceptors (Lipinski definition) is 3. The van der Waals surface area contributed by atoms with E-state index in [0.29, 0.717) is 0 Å². The van der Waals surface area contributed by atoms with Gasteiger partial charge in [0.2, 0.25) is 0 Å². The third-order valence-corrected chi connectivity index (χ3v) is 3.03. The van der Waals surface area contributed by atoms with Crippen molar-refractivity contribution in [2.45, 2.75) is 18.9 Å². The number of rotatable bonds is 2. The zero-order chi connectivity index (χ0) is 12.1. The van der Waals surface area contributed by atoms with E-state index in [4.69, 9.17) is 0 Å². The summed E-state index contributed by atoms with van der Waals surface area (Å²) in [7, 11) is 1.64. The predicted octanol–water partition coefficient (Wildman–Crippen LogP) is 0.979. The lowest BCUT2D eigenvalue weighted by atomic mass is 10.1. The maximum absolute atomic E-state index is 11.2. The Morgan fingerprint density at radius 2 is 2.18 bits per heavy atom. The Hall–Kier alpha value is -1.78. The van der Waals surface area contributed by atoms with Crippen molar-refractivity contribution < 1.29 is 4.79 Å². The standard InChI is InChI=1S/C12H18N4O/c1-13-12(17)15-10-5-8-16(9-6-10)11-4-2-3-7-14-11/h2-4,7,10H,5-6,8-9H2,1H3,(H2,13,15,17). The Morgan fingerprint density at radius 3 is 2.76 bits per heavy atom. The molecule has 17 heavy (non-hydrogen) atoms. The number of nitrogens with zero attached hydrogens (tertiary/aromatic N) is 2. The number of carbonyl (C=O) groups is 1. The van der Waals surface area contributed by atoms with Gasteiger partial charge in [-0.15, -0.1) is 0 Å². The molecule has 1 aliphatic heterocycles. The van der Waals surface area contributed by atoms with E-state index < -0.39 is 0 Å². The fourth-order valence-electron chi connectivity index (χ4n) is 2.05. The number of nitrogens with one attached hydrogen (secondary N) is 2. The van der Waals surface area contributed by atoms with Crippen molar-refractivity contribution in [1.82, 2.24) is 15.6 Å². The van der Waals surface area contributed by atoms with Gasteiger partial charge in [-0.3, -0.25) is 0 Å². The van der Waals surface area contributed by atoms with E-state index in [1.165, 1.54) is 0 Å². The molecule has 1 saturated heterocycles. The maximum Gasteiger partial charge on any atom is 0.314 e. The van der Waals surface area contributed by atoms with E-state index in [-0.39, 0.29) is 12.1 Å². The van der Waals surface area contributed by atoms with Crippen molar-refractivity contribution in [3.8, 4) is 0 Å². The lowest BCUT2D eigenvalue weighted by Gasteiger charge is -2.33. The van der Waals surface area contributed by atoms with E-state index in [2.05, 4.69) is 20.5 Å².